The van der Waals surface area contributed by atoms with Gasteiger partial charge in [-0.05, 0) is 56.7 Å². The third-order valence-electron chi connectivity index (χ3n) is 3.95. The quantitative estimate of drug-likeness (QED) is 0.724. The van der Waals surface area contributed by atoms with Gasteiger partial charge in [0.25, 0.3) is 0 Å². The van der Waals surface area contributed by atoms with Crippen LogP contribution < -0.4 is 5.32 Å². The van der Waals surface area contributed by atoms with Crippen LogP contribution in [0.15, 0.2) is 30.3 Å². The third kappa shape index (κ3) is 4.96. The topological polar surface area (TPSA) is 21.3 Å². The Morgan fingerprint density at radius 2 is 2.11 bits per heavy atom. The summed E-state index contributed by atoms with van der Waals surface area (Å²) in [5, 5.41) is 3.52. The second kappa shape index (κ2) is 8.34. The van der Waals surface area contributed by atoms with E-state index in [1.54, 1.807) is 0 Å². The molecule has 0 bridgehead atoms. The van der Waals surface area contributed by atoms with Crippen molar-refractivity contribution >= 4 is 0 Å². The Kier molecular flexibility index (Phi) is 6.38. The highest BCUT2D eigenvalue weighted by Gasteiger charge is 2.25. The van der Waals surface area contributed by atoms with Crippen molar-refractivity contribution in [3.63, 3.8) is 0 Å². The number of hydrogen-bond donors (Lipinski definition) is 1. The van der Waals surface area contributed by atoms with Crippen LogP contribution in [0.1, 0.15) is 38.2 Å². The lowest BCUT2D eigenvalue weighted by Gasteiger charge is -2.23. The average molecular weight is 261 g/mol. The molecule has 2 heteroatoms. The van der Waals surface area contributed by atoms with Gasteiger partial charge in [0.15, 0.2) is 0 Å². The molecule has 0 aliphatic carbocycles. The maximum Gasteiger partial charge on any atom is 0.0607 e. The van der Waals surface area contributed by atoms with Crippen molar-refractivity contribution < 1.29 is 4.74 Å². The summed E-state index contributed by atoms with van der Waals surface area (Å²) in [5.41, 5.74) is 1.44. The minimum atomic E-state index is 0.476. The molecule has 19 heavy (non-hydrogen) atoms. The summed E-state index contributed by atoms with van der Waals surface area (Å²) in [6, 6.07) is 10.8. The van der Waals surface area contributed by atoms with E-state index in [1.807, 2.05) is 0 Å². The second-order valence-corrected chi connectivity index (χ2v) is 5.54. The molecular formula is C17H27NO. The minimum Gasteiger partial charge on any atom is -0.378 e. The van der Waals surface area contributed by atoms with E-state index in [0.29, 0.717) is 12.0 Å². The molecule has 1 heterocycles. The second-order valence-electron chi connectivity index (χ2n) is 5.54. The first-order valence-electron chi connectivity index (χ1n) is 7.76. The van der Waals surface area contributed by atoms with Crippen molar-refractivity contribution in [2.24, 2.45) is 5.92 Å². The molecule has 0 amide bonds. The summed E-state index contributed by atoms with van der Waals surface area (Å²) in [6.45, 7) is 5.42. The van der Waals surface area contributed by atoms with Gasteiger partial charge < -0.3 is 10.1 Å². The van der Waals surface area contributed by atoms with E-state index in [9.17, 15) is 0 Å². The van der Waals surface area contributed by atoms with E-state index < -0.39 is 0 Å². The van der Waals surface area contributed by atoms with Crippen LogP contribution in [0, 0.1) is 5.92 Å². The van der Waals surface area contributed by atoms with E-state index in [0.717, 1.165) is 26.1 Å². The van der Waals surface area contributed by atoms with Crippen LogP contribution in [0.2, 0.25) is 0 Å². The Balaban J connectivity index is 1.86. The predicted octanol–water partition coefficient (Wildman–Crippen LogP) is 3.41. The maximum atomic E-state index is 5.92. The number of benzene rings is 1. The fourth-order valence-electron chi connectivity index (χ4n) is 2.90. The van der Waals surface area contributed by atoms with Crippen LogP contribution in [-0.2, 0) is 11.2 Å². The third-order valence-corrected chi connectivity index (χ3v) is 3.95. The lowest BCUT2D eigenvalue weighted by atomic mass is 9.89. The highest BCUT2D eigenvalue weighted by molar-refractivity contribution is 5.15. The molecule has 2 unspecified atom stereocenters. The summed E-state index contributed by atoms with van der Waals surface area (Å²) >= 11 is 0. The average Bonchev–Trinajstić information content (AvgIpc) is 2.97. The molecule has 1 fully saturated rings. The molecule has 1 aliphatic heterocycles. The minimum absolute atomic E-state index is 0.476. The molecule has 106 valence electrons. The molecule has 0 aromatic heterocycles. The molecule has 0 saturated carbocycles. The molecule has 2 rings (SSSR count). The van der Waals surface area contributed by atoms with Crippen molar-refractivity contribution in [1.82, 2.24) is 5.32 Å². The van der Waals surface area contributed by atoms with Crippen molar-refractivity contribution in [3.8, 4) is 0 Å². The first-order chi connectivity index (χ1) is 9.40. The summed E-state index contributed by atoms with van der Waals surface area (Å²) < 4.78 is 5.92. The van der Waals surface area contributed by atoms with Gasteiger partial charge in [-0.15, -0.1) is 0 Å². The van der Waals surface area contributed by atoms with E-state index in [-0.39, 0.29) is 0 Å². The molecule has 0 radical (unpaired) electrons. The maximum absolute atomic E-state index is 5.92. The van der Waals surface area contributed by atoms with Crippen molar-refractivity contribution in [3.05, 3.63) is 35.9 Å². The zero-order valence-corrected chi connectivity index (χ0v) is 12.1. The smallest absolute Gasteiger partial charge is 0.0607 e. The van der Waals surface area contributed by atoms with Crippen molar-refractivity contribution in [2.75, 3.05) is 19.7 Å². The highest BCUT2D eigenvalue weighted by Crippen LogP contribution is 2.26. The van der Waals surface area contributed by atoms with Gasteiger partial charge in [0.2, 0.25) is 0 Å². The normalized spacial score (nSPS) is 20.6. The van der Waals surface area contributed by atoms with Crippen LogP contribution in [0.3, 0.4) is 0 Å². The van der Waals surface area contributed by atoms with Crippen LogP contribution in [0.25, 0.3) is 0 Å². The van der Waals surface area contributed by atoms with Gasteiger partial charge in [-0.1, -0.05) is 37.3 Å². The molecule has 1 aromatic carbocycles. The summed E-state index contributed by atoms with van der Waals surface area (Å²) in [4.78, 5) is 0. The first kappa shape index (κ1) is 14.5. The standard InChI is InChI=1S/C17H27NO/c1-2-11-18-12-10-16(17-9-6-13-19-17)14-15-7-4-3-5-8-15/h3-5,7-8,16-18H,2,6,9-14H2,1H3. The Labute approximate surface area is 117 Å². The van der Waals surface area contributed by atoms with Gasteiger partial charge in [-0.2, -0.15) is 0 Å². The summed E-state index contributed by atoms with van der Waals surface area (Å²) in [6.07, 6.45) is 6.54. The van der Waals surface area contributed by atoms with Crippen LogP contribution in [-0.4, -0.2) is 25.8 Å². The van der Waals surface area contributed by atoms with Gasteiger partial charge >= 0.3 is 0 Å². The van der Waals surface area contributed by atoms with E-state index in [4.69, 9.17) is 4.74 Å². The van der Waals surface area contributed by atoms with E-state index in [2.05, 4.69) is 42.6 Å². The number of ether oxygens (including phenoxy) is 1. The van der Waals surface area contributed by atoms with Gasteiger partial charge in [0.1, 0.15) is 0 Å². The molecule has 1 aliphatic rings. The number of hydrogen-bond acceptors (Lipinski definition) is 2. The van der Waals surface area contributed by atoms with E-state index >= 15 is 0 Å². The number of rotatable bonds is 8. The van der Waals surface area contributed by atoms with Crippen LogP contribution in [0.5, 0.6) is 0 Å². The molecule has 1 saturated heterocycles. The fraction of sp³-hybridized carbons (Fsp3) is 0.647. The molecule has 2 atom stereocenters. The molecule has 1 N–H and O–H groups in total. The Morgan fingerprint density at radius 3 is 2.79 bits per heavy atom. The Morgan fingerprint density at radius 1 is 1.26 bits per heavy atom. The fourth-order valence-corrected chi connectivity index (χ4v) is 2.90. The first-order valence-corrected chi connectivity index (χ1v) is 7.76. The zero-order chi connectivity index (χ0) is 13.3. The largest absolute Gasteiger partial charge is 0.378 e. The highest BCUT2D eigenvalue weighted by atomic mass is 16.5. The predicted molar refractivity (Wildman–Crippen MR) is 80.4 cm³/mol. The zero-order valence-electron chi connectivity index (χ0n) is 12.1. The molecule has 0 spiro atoms. The van der Waals surface area contributed by atoms with E-state index in [1.165, 1.54) is 31.2 Å². The summed E-state index contributed by atoms with van der Waals surface area (Å²) in [7, 11) is 0. The van der Waals surface area contributed by atoms with Gasteiger partial charge in [0, 0.05) is 6.61 Å². The van der Waals surface area contributed by atoms with Crippen molar-refractivity contribution in [1.29, 1.82) is 0 Å². The molecular weight excluding hydrogens is 234 g/mol. The van der Waals surface area contributed by atoms with Crippen LogP contribution >= 0.6 is 0 Å². The van der Waals surface area contributed by atoms with Crippen molar-refractivity contribution in [2.45, 2.75) is 45.1 Å². The number of nitrogens with one attached hydrogen (secondary N) is 1. The van der Waals surface area contributed by atoms with Crippen LogP contribution in [0.4, 0.5) is 0 Å². The SMILES string of the molecule is CCCNCCC(Cc1ccccc1)C1CCCO1. The Bertz CT molecular complexity index is 332. The van der Waals surface area contributed by atoms with Gasteiger partial charge in [-0.3, -0.25) is 0 Å². The lowest BCUT2D eigenvalue weighted by Crippen LogP contribution is -2.27. The Hall–Kier alpha value is -0.860. The van der Waals surface area contributed by atoms with Gasteiger partial charge in [0.05, 0.1) is 6.10 Å². The molecule has 2 nitrogen and oxygen atoms in total. The summed E-state index contributed by atoms with van der Waals surface area (Å²) in [5.74, 6) is 0.661. The molecule has 1 aromatic rings. The van der Waals surface area contributed by atoms with Gasteiger partial charge in [-0.25, -0.2) is 0 Å². The lowest BCUT2D eigenvalue weighted by molar-refractivity contribution is 0.0595. The monoisotopic (exact) mass is 261 g/mol.